The van der Waals surface area contributed by atoms with Crippen molar-refractivity contribution in [1.82, 2.24) is 4.57 Å². The highest BCUT2D eigenvalue weighted by molar-refractivity contribution is 7.22. The summed E-state index contributed by atoms with van der Waals surface area (Å²) in [5.74, 6) is -0.502. The molecule has 0 radical (unpaired) electrons. The molecule has 0 fully saturated rings. The summed E-state index contributed by atoms with van der Waals surface area (Å²) in [6.07, 6.45) is -4.44. The van der Waals surface area contributed by atoms with Crippen LogP contribution in [0.1, 0.15) is 28.5 Å². The summed E-state index contributed by atoms with van der Waals surface area (Å²) in [5.41, 5.74) is 1.57. The predicted octanol–water partition coefficient (Wildman–Crippen LogP) is 7.77. The van der Waals surface area contributed by atoms with Crippen molar-refractivity contribution in [2.45, 2.75) is 19.6 Å². The molecule has 5 aromatic rings. The maximum Gasteiger partial charge on any atom is 0.416 e. The highest BCUT2D eigenvalue weighted by Crippen LogP contribution is 2.41. The van der Waals surface area contributed by atoms with Crippen LogP contribution in [0.3, 0.4) is 0 Å². The smallest absolute Gasteiger partial charge is 0.416 e. The molecule has 7 heteroatoms. The fourth-order valence-electron chi connectivity index (χ4n) is 4.26. The van der Waals surface area contributed by atoms with Crippen molar-refractivity contribution in [3.8, 4) is 10.4 Å². The van der Waals surface area contributed by atoms with Crippen LogP contribution in [-0.4, -0.2) is 17.1 Å². The SMILES string of the molecule is CCOC(=O)c1c(-c2cc3ccccc3s2)c2ccccc2n1Cc1cccc(C(F)(F)F)c1. The van der Waals surface area contributed by atoms with E-state index < -0.39 is 17.7 Å². The monoisotopic (exact) mass is 479 g/mol. The van der Waals surface area contributed by atoms with Gasteiger partial charge >= 0.3 is 12.1 Å². The Morgan fingerprint density at radius 2 is 1.74 bits per heavy atom. The van der Waals surface area contributed by atoms with Crippen LogP contribution in [0.5, 0.6) is 0 Å². The number of thiophene rings is 1. The number of nitrogens with zero attached hydrogens (tertiary/aromatic N) is 1. The molecule has 0 aliphatic rings. The largest absolute Gasteiger partial charge is 0.461 e. The lowest BCUT2D eigenvalue weighted by Crippen LogP contribution is -2.14. The number of fused-ring (bicyclic) bond motifs is 2. The van der Waals surface area contributed by atoms with Gasteiger partial charge in [0.2, 0.25) is 0 Å². The first-order valence-corrected chi connectivity index (χ1v) is 11.6. The third-order valence-electron chi connectivity index (χ3n) is 5.71. The van der Waals surface area contributed by atoms with Crippen molar-refractivity contribution in [3.05, 3.63) is 95.7 Å². The van der Waals surface area contributed by atoms with Crippen molar-refractivity contribution in [3.63, 3.8) is 0 Å². The number of carbonyl (C=O) groups excluding carboxylic acids is 1. The molecule has 3 aromatic carbocycles. The van der Waals surface area contributed by atoms with Gasteiger partial charge in [0.05, 0.1) is 12.2 Å². The first kappa shape index (κ1) is 22.2. The normalized spacial score (nSPS) is 11.9. The van der Waals surface area contributed by atoms with Gasteiger partial charge in [0.25, 0.3) is 0 Å². The van der Waals surface area contributed by atoms with Crippen LogP contribution in [0.25, 0.3) is 31.4 Å². The Bertz CT molecular complexity index is 1480. The highest BCUT2D eigenvalue weighted by Gasteiger charge is 2.31. The van der Waals surface area contributed by atoms with Gasteiger partial charge in [-0.3, -0.25) is 0 Å². The number of hydrogen-bond donors (Lipinski definition) is 0. The highest BCUT2D eigenvalue weighted by atomic mass is 32.1. The lowest BCUT2D eigenvalue weighted by atomic mass is 10.1. The molecule has 3 nitrogen and oxygen atoms in total. The summed E-state index contributed by atoms with van der Waals surface area (Å²) in [7, 11) is 0. The molecule has 0 aliphatic heterocycles. The fourth-order valence-corrected chi connectivity index (χ4v) is 5.39. The molecular weight excluding hydrogens is 459 g/mol. The number of esters is 1. The van der Waals surface area contributed by atoms with Crippen molar-refractivity contribution >= 4 is 38.3 Å². The number of ether oxygens (including phenoxy) is 1. The fraction of sp³-hybridized carbons (Fsp3) is 0.148. The van der Waals surface area contributed by atoms with Crippen LogP contribution in [0.2, 0.25) is 0 Å². The Balaban J connectivity index is 1.75. The number of benzene rings is 3. The van der Waals surface area contributed by atoms with Crippen molar-refractivity contribution in [1.29, 1.82) is 0 Å². The summed E-state index contributed by atoms with van der Waals surface area (Å²) in [5, 5.41) is 1.91. The Morgan fingerprint density at radius 3 is 2.50 bits per heavy atom. The zero-order chi connectivity index (χ0) is 23.9. The number of rotatable bonds is 5. The second-order valence-electron chi connectivity index (χ2n) is 7.89. The van der Waals surface area contributed by atoms with E-state index in [0.29, 0.717) is 11.3 Å². The zero-order valence-corrected chi connectivity index (χ0v) is 19.0. The van der Waals surface area contributed by atoms with E-state index >= 15 is 0 Å². The van der Waals surface area contributed by atoms with Gasteiger partial charge in [-0.25, -0.2) is 4.79 Å². The van der Waals surface area contributed by atoms with E-state index in [4.69, 9.17) is 4.74 Å². The van der Waals surface area contributed by atoms with E-state index in [-0.39, 0.29) is 13.2 Å². The van der Waals surface area contributed by atoms with Crippen LogP contribution in [-0.2, 0) is 17.5 Å². The topological polar surface area (TPSA) is 31.2 Å². The molecule has 0 atom stereocenters. The Labute approximate surface area is 198 Å². The van der Waals surface area contributed by atoms with E-state index in [1.54, 1.807) is 28.9 Å². The van der Waals surface area contributed by atoms with Gasteiger partial charge in [-0.15, -0.1) is 11.3 Å². The molecule has 0 spiro atoms. The average molecular weight is 480 g/mol. The van der Waals surface area contributed by atoms with Crippen molar-refractivity contribution < 1.29 is 22.7 Å². The summed E-state index contributed by atoms with van der Waals surface area (Å²) < 4.78 is 48.2. The number of halogens is 3. The van der Waals surface area contributed by atoms with E-state index in [1.807, 2.05) is 54.6 Å². The van der Waals surface area contributed by atoms with Gasteiger partial charge < -0.3 is 9.30 Å². The molecule has 172 valence electrons. The number of carbonyl (C=O) groups is 1. The van der Waals surface area contributed by atoms with Gasteiger partial charge in [-0.1, -0.05) is 48.5 Å². The van der Waals surface area contributed by atoms with Crippen LogP contribution in [0.15, 0.2) is 78.9 Å². The molecule has 2 aromatic heterocycles. The van der Waals surface area contributed by atoms with Gasteiger partial charge in [0, 0.05) is 32.6 Å². The minimum atomic E-state index is -4.44. The number of aromatic nitrogens is 1. The van der Waals surface area contributed by atoms with Gasteiger partial charge in [0.15, 0.2) is 0 Å². The molecule has 34 heavy (non-hydrogen) atoms. The zero-order valence-electron chi connectivity index (χ0n) is 18.2. The number of para-hydroxylation sites is 1. The average Bonchev–Trinajstić information content (AvgIpc) is 3.38. The predicted molar refractivity (Wildman–Crippen MR) is 129 cm³/mol. The molecule has 0 saturated heterocycles. The first-order chi connectivity index (χ1) is 16.4. The summed E-state index contributed by atoms with van der Waals surface area (Å²) in [6, 6.07) is 22.8. The van der Waals surface area contributed by atoms with Crippen molar-refractivity contribution in [2.75, 3.05) is 6.61 Å². The maximum absolute atomic E-state index is 13.3. The molecule has 5 rings (SSSR count). The molecule has 2 heterocycles. The van der Waals surface area contributed by atoms with Crippen LogP contribution in [0, 0.1) is 0 Å². The molecular formula is C27H20F3NO2S. The second kappa shape index (κ2) is 8.65. The third-order valence-corrected chi connectivity index (χ3v) is 6.84. The van der Waals surface area contributed by atoms with E-state index in [0.717, 1.165) is 43.6 Å². The van der Waals surface area contributed by atoms with E-state index in [1.165, 1.54) is 6.07 Å². The standard InChI is InChI=1S/C27H20F3NO2S/c1-2-33-26(32)25-24(23-15-18-9-3-6-13-22(18)34-23)20-11-4-5-12-21(20)31(25)16-17-8-7-10-19(14-17)27(28,29)30/h3-15H,2,16H2,1H3. The van der Waals surface area contributed by atoms with Crippen LogP contribution in [0.4, 0.5) is 13.2 Å². The van der Waals surface area contributed by atoms with Gasteiger partial charge in [-0.2, -0.15) is 13.2 Å². The van der Waals surface area contributed by atoms with Crippen molar-refractivity contribution in [2.24, 2.45) is 0 Å². The molecule has 0 saturated carbocycles. The molecule has 0 N–H and O–H groups in total. The molecule has 0 amide bonds. The molecule has 0 bridgehead atoms. The minimum absolute atomic E-state index is 0.101. The second-order valence-corrected chi connectivity index (χ2v) is 8.98. The first-order valence-electron chi connectivity index (χ1n) is 10.8. The Kier molecular flexibility index (Phi) is 5.65. The summed E-state index contributed by atoms with van der Waals surface area (Å²) in [6.45, 7) is 2.02. The molecule has 0 aliphatic carbocycles. The number of alkyl halides is 3. The Hall–Kier alpha value is -3.58. The van der Waals surface area contributed by atoms with Gasteiger partial charge in [0.1, 0.15) is 5.69 Å². The van der Waals surface area contributed by atoms with Crippen LogP contribution >= 0.6 is 11.3 Å². The maximum atomic E-state index is 13.3. The number of hydrogen-bond acceptors (Lipinski definition) is 3. The summed E-state index contributed by atoms with van der Waals surface area (Å²) >= 11 is 1.57. The van der Waals surface area contributed by atoms with Crippen LogP contribution < -0.4 is 0 Å². The summed E-state index contributed by atoms with van der Waals surface area (Å²) in [4.78, 5) is 14.1. The quantitative estimate of drug-likeness (QED) is 0.241. The van der Waals surface area contributed by atoms with E-state index in [2.05, 4.69) is 0 Å². The van der Waals surface area contributed by atoms with E-state index in [9.17, 15) is 18.0 Å². The van der Waals surface area contributed by atoms with Gasteiger partial charge in [-0.05, 0) is 48.2 Å². The molecule has 0 unspecified atom stereocenters. The lowest BCUT2D eigenvalue weighted by Gasteiger charge is -2.13. The minimum Gasteiger partial charge on any atom is -0.461 e. The Morgan fingerprint density at radius 1 is 0.971 bits per heavy atom. The lowest BCUT2D eigenvalue weighted by molar-refractivity contribution is -0.137. The third kappa shape index (κ3) is 3.96.